The van der Waals surface area contributed by atoms with Crippen LogP contribution in [0.5, 0.6) is 0 Å². The van der Waals surface area contributed by atoms with Crippen LogP contribution in [0, 0.1) is 11.3 Å². The number of nitrogens with one attached hydrogen (secondary N) is 1. The van der Waals surface area contributed by atoms with Crippen molar-refractivity contribution in [1.82, 2.24) is 4.57 Å². The molecular formula is C17H12BrN3O. The van der Waals surface area contributed by atoms with Gasteiger partial charge >= 0.3 is 0 Å². The van der Waals surface area contributed by atoms with Gasteiger partial charge < -0.3 is 9.88 Å². The molecular weight excluding hydrogens is 342 g/mol. The zero-order chi connectivity index (χ0) is 15.5. The molecule has 0 aliphatic heterocycles. The first kappa shape index (κ1) is 14.4. The lowest BCUT2D eigenvalue weighted by Gasteiger charge is -2.07. The Morgan fingerprint density at radius 2 is 1.95 bits per heavy atom. The summed E-state index contributed by atoms with van der Waals surface area (Å²) < 4.78 is 2.92. The quantitative estimate of drug-likeness (QED) is 0.775. The molecule has 1 heterocycles. The maximum Gasteiger partial charge on any atom is 0.244 e. The van der Waals surface area contributed by atoms with E-state index in [1.165, 1.54) is 0 Å². The number of nitrogens with zero attached hydrogens (tertiary/aromatic N) is 2. The second-order valence-corrected chi connectivity index (χ2v) is 5.80. The zero-order valence-corrected chi connectivity index (χ0v) is 13.2. The van der Waals surface area contributed by atoms with Gasteiger partial charge in [-0.15, -0.1) is 0 Å². The molecule has 0 fully saturated rings. The van der Waals surface area contributed by atoms with E-state index in [1.54, 1.807) is 24.3 Å². The fourth-order valence-corrected chi connectivity index (χ4v) is 2.67. The zero-order valence-electron chi connectivity index (χ0n) is 11.6. The molecule has 0 atom stereocenters. The van der Waals surface area contributed by atoms with Gasteiger partial charge in [0.05, 0.1) is 11.6 Å². The van der Waals surface area contributed by atoms with Crippen molar-refractivity contribution in [2.24, 2.45) is 0 Å². The Labute approximate surface area is 136 Å². The van der Waals surface area contributed by atoms with Gasteiger partial charge in [-0.05, 0) is 48.5 Å². The van der Waals surface area contributed by atoms with Gasteiger partial charge in [-0.2, -0.15) is 5.26 Å². The number of carbonyl (C=O) groups excluding carboxylic acids is 1. The van der Waals surface area contributed by atoms with Crippen molar-refractivity contribution in [2.45, 2.75) is 6.54 Å². The lowest BCUT2D eigenvalue weighted by atomic mass is 10.2. The number of benzene rings is 2. The van der Waals surface area contributed by atoms with E-state index in [2.05, 4.69) is 21.2 Å². The van der Waals surface area contributed by atoms with E-state index in [1.807, 2.05) is 41.1 Å². The molecule has 0 spiro atoms. The number of hydrogen-bond donors (Lipinski definition) is 1. The molecule has 0 aliphatic carbocycles. The third kappa shape index (κ3) is 3.02. The molecule has 0 aliphatic rings. The van der Waals surface area contributed by atoms with E-state index >= 15 is 0 Å². The number of rotatable bonds is 3. The number of hydrogen-bond acceptors (Lipinski definition) is 2. The summed E-state index contributed by atoms with van der Waals surface area (Å²) in [7, 11) is 0. The van der Waals surface area contributed by atoms with E-state index in [4.69, 9.17) is 5.26 Å². The minimum atomic E-state index is -0.106. The molecule has 22 heavy (non-hydrogen) atoms. The van der Waals surface area contributed by atoms with Crippen molar-refractivity contribution < 1.29 is 4.79 Å². The minimum Gasteiger partial charge on any atom is -0.338 e. The van der Waals surface area contributed by atoms with Crippen LogP contribution in [0.15, 0.2) is 59.2 Å². The van der Waals surface area contributed by atoms with Crippen LogP contribution in [0.3, 0.4) is 0 Å². The van der Waals surface area contributed by atoms with Crippen LogP contribution >= 0.6 is 15.9 Å². The Balaban J connectivity index is 1.74. The molecule has 0 saturated heterocycles. The summed E-state index contributed by atoms with van der Waals surface area (Å²) in [6.45, 7) is 0.241. The molecule has 0 unspecified atom stereocenters. The first-order valence-corrected chi connectivity index (χ1v) is 7.49. The summed E-state index contributed by atoms with van der Waals surface area (Å²) >= 11 is 3.44. The maximum atomic E-state index is 12.1. The van der Waals surface area contributed by atoms with Gasteiger partial charge in [-0.3, -0.25) is 4.79 Å². The van der Waals surface area contributed by atoms with Crippen LogP contribution in [0.4, 0.5) is 5.69 Å². The van der Waals surface area contributed by atoms with E-state index < -0.39 is 0 Å². The van der Waals surface area contributed by atoms with Gasteiger partial charge in [0.1, 0.15) is 6.54 Å². The lowest BCUT2D eigenvalue weighted by Crippen LogP contribution is -2.18. The van der Waals surface area contributed by atoms with Gasteiger partial charge in [-0.25, -0.2) is 0 Å². The standard InChI is InChI=1S/C17H12BrN3O/c18-14-3-6-16-13(9-14)7-8-21(16)11-17(22)20-15-4-1-12(10-19)2-5-15/h1-9H,11H2,(H,20,22). The summed E-state index contributed by atoms with van der Waals surface area (Å²) in [6, 6.07) is 16.8. The van der Waals surface area contributed by atoms with Gasteiger partial charge in [0.2, 0.25) is 5.91 Å². The van der Waals surface area contributed by atoms with Gasteiger partial charge in [0.15, 0.2) is 0 Å². The van der Waals surface area contributed by atoms with E-state index in [-0.39, 0.29) is 12.5 Å². The Hall–Kier alpha value is -2.58. The molecule has 2 aromatic carbocycles. The molecule has 108 valence electrons. The van der Waals surface area contributed by atoms with E-state index in [0.717, 1.165) is 15.4 Å². The monoisotopic (exact) mass is 353 g/mol. The normalized spacial score (nSPS) is 10.4. The van der Waals surface area contributed by atoms with Crippen LogP contribution < -0.4 is 5.32 Å². The smallest absolute Gasteiger partial charge is 0.244 e. The van der Waals surface area contributed by atoms with Crippen molar-refractivity contribution in [3.63, 3.8) is 0 Å². The Morgan fingerprint density at radius 3 is 2.68 bits per heavy atom. The van der Waals surface area contributed by atoms with E-state index in [9.17, 15) is 4.79 Å². The molecule has 1 amide bonds. The highest BCUT2D eigenvalue weighted by Gasteiger charge is 2.07. The second kappa shape index (κ2) is 6.04. The highest BCUT2D eigenvalue weighted by atomic mass is 79.9. The van der Waals surface area contributed by atoms with Gasteiger partial charge in [0.25, 0.3) is 0 Å². The molecule has 0 bridgehead atoms. The van der Waals surface area contributed by atoms with Crippen molar-refractivity contribution in [3.05, 3.63) is 64.8 Å². The number of nitriles is 1. The van der Waals surface area contributed by atoms with Crippen LogP contribution in [-0.4, -0.2) is 10.5 Å². The first-order valence-electron chi connectivity index (χ1n) is 6.70. The molecule has 0 radical (unpaired) electrons. The van der Waals surface area contributed by atoms with E-state index in [0.29, 0.717) is 11.3 Å². The number of anilines is 1. The summed E-state index contributed by atoms with van der Waals surface area (Å²) in [5, 5.41) is 12.7. The molecule has 4 nitrogen and oxygen atoms in total. The highest BCUT2D eigenvalue weighted by Crippen LogP contribution is 2.21. The third-order valence-electron chi connectivity index (χ3n) is 3.34. The number of fused-ring (bicyclic) bond motifs is 1. The number of amides is 1. The predicted molar refractivity (Wildman–Crippen MR) is 89.4 cm³/mol. The fraction of sp³-hybridized carbons (Fsp3) is 0.0588. The largest absolute Gasteiger partial charge is 0.338 e. The summed E-state index contributed by atoms with van der Waals surface area (Å²) in [5.74, 6) is -0.106. The molecule has 5 heteroatoms. The fourth-order valence-electron chi connectivity index (χ4n) is 2.29. The Kier molecular flexibility index (Phi) is 3.94. The number of halogens is 1. The average Bonchev–Trinajstić information content (AvgIpc) is 2.90. The SMILES string of the molecule is N#Cc1ccc(NC(=O)Cn2ccc3cc(Br)ccc32)cc1. The number of carbonyl (C=O) groups is 1. The van der Waals surface area contributed by atoms with Crippen LogP contribution in [-0.2, 0) is 11.3 Å². The third-order valence-corrected chi connectivity index (χ3v) is 3.84. The minimum absolute atomic E-state index is 0.106. The predicted octanol–water partition coefficient (Wildman–Crippen LogP) is 3.91. The molecule has 1 aromatic heterocycles. The molecule has 0 saturated carbocycles. The van der Waals surface area contributed by atoms with Crippen molar-refractivity contribution in [1.29, 1.82) is 5.26 Å². The van der Waals surface area contributed by atoms with Gasteiger partial charge in [0, 0.05) is 27.3 Å². The van der Waals surface area contributed by atoms with Crippen LogP contribution in [0.25, 0.3) is 10.9 Å². The van der Waals surface area contributed by atoms with Crippen LogP contribution in [0.1, 0.15) is 5.56 Å². The summed E-state index contributed by atoms with van der Waals surface area (Å²) in [5.41, 5.74) is 2.27. The topological polar surface area (TPSA) is 57.8 Å². The maximum absolute atomic E-state index is 12.1. The number of aromatic nitrogens is 1. The Morgan fingerprint density at radius 1 is 1.18 bits per heavy atom. The lowest BCUT2D eigenvalue weighted by molar-refractivity contribution is -0.116. The first-order chi connectivity index (χ1) is 10.7. The molecule has 3 rings (SSSR count). The Bertz CT molecular complexity index is 875. The summed E-state index contributed by atoms with van der Waals surface area (Å²) in [4.78, 5) is 12.1. The molecule has 3 aromatic rings. The second-order valence-electron chi connectivity index (χ2n) is 4.88. The van der Waals surface area contributed by atoms with Crippen molar-refractivity contribution in [3.8, 4) is 6.07 Å². The summed E-state index contributed by atoms with van der Waals surface area (Å²) in [6.07, 6.45) is 1.90. The van der Waals surface area contributed by atoms with Crippen LogP contribution in [0.2, 0.25) is 0 Å². The van der Waals surface area contributed by atoms with Gasteiger partial charge in [-0.1, -0.05) is 15.9 Å². The molecule has 1 N–H and O–H groups in total. The highest BCUT2D eigenvalue weighted by molar-refractivity contribution is 9.10. The average molecular weight is 354 g/mol. The van der Waals surface area contributed by atoms with Crippen molar-refractivity contribution in [2.75, 3.05) is 5.32 Å². The van der Waals surface area contributed by atoms with Crippen molar-refractivity contribution >= 4 is 38.4 Å².